The third-order valence-electron chi connectivity index (χ3n) is 3.75. The van der Waals surface area contributed by atoms with Gasteiger partial charge in [-0.2, -0.15) is 0 Å². The van der Waals surface area contributed by atoms with Crippen LogP contribution in [0.5, 0.6) is 0 Å². The summed E-state index contributed by atoms with van der Waals surface area (Å²) in [5.74, 6) is 1.31. The number of nitrogens with one attached hydrogen (secondary N) is 1. The molecule has 23 heavy (non-hydrogen) atoms. The molecule has 1 amide bonds. The van der Waals surface area contributed by atoms with Crippen molar-refractivity contribution in [1.29, 1.82) is 0 Å². The second-order valence-corrected chi connectivity index (χ2v) is 6.30. The second-order valence-electron chi connectivity index (χ2n) is 5.35. The van der Waals surface area contributed by atoms with Crippen molar-refractivity contribution in [3.05, 3.63) is 29.5 Å². The Kier molecular flexibility index (Phi) is 8.05. The highest BCUT2D eigenvalue weighted by Crippen LogP contribution is 2.24. The average Bonchev–Trinajstić information content (AvgIpc) is 3.20. The van der Waals surface area contributed by atoms with Gasteiger partial charge in [0.05, 0.1) is 17.0 Å². The molecule has 0 aliphatic carbocycles. The molecule has 0 bridgehead atoms. The van der Waals surface area contributed by atoms with Crippen LogP contribution in [-0.4, -0.2) is 42.5 Å². The normalized spacial score (nSPS) is 16.7. The first-order valence-electron chi connectivity index (χ1n) is 7.17. The van der Waals surface area contributed by atoms with Crippen molar-refractivity contribution in [1.82, 2.24) is 15.2 Å². The maximum Gasteiger partial charge on any atom is 0.236 e. The molecule has 3 rings (SSSR count). The predicted molar refractivity (Wildman–Crippen MR) is 96.6 cm³/mol. The summed E-state index contributed by atoms with van der Waals surface area (Å²) >= 11 is 1.58. The molecule has 0 radical (unpaired) electrons. The highest BCUT2D eigenvalue weighted by Gasteiger charge is 2.26. The van der Waals surface area contributed by atoms with Crippen molar-refractivity contribution in [2.24, 2.45) is 5.92 Å². The smallest absolute Gasteiger partial charge is 0.236 e. The number of likely N-dealkylation sites (tertiary alicyclic amines) is 1. The zero-order valence-corrected chi connectivity index (χ0v) is 15.3. The van der Waals surface area contributed by atoms with E-state index in [9.17, 15) is 4.79 Å². The van der Waals surface area contributed by atoms with Crippen LogP contribution in [0.25, 0.3) is 10.8 Å². The van der Waals surface area contributed by atoms with Crippen LogP contribution in [0, 0.1) is 5.92 Å². The summed E-state index contributed by atoms with van der Waals surface area (Å²) in [5.41, 5.74) is 0.709. The Labute approximate surface area is 152 Å². The van der Waals surface area contributed by atoms with E-state index in [0.29, 0.717) is 23.9 Å². The van der Waals surface area contributed by atoms with E-state index in [1.54, 1.807) is 17.6 Å². The van der Waals surface area contributed by atoms with E-state index < -0.39 is 0 Å². The predicted octanol–water partition coefficient (Wildman–Crippen LogP) is 2.86. The third kappa shape index (κ3) is 4.94. The van der Waals surface area contributed by atoms with Crippen LogP contribution in [0.3, 0.4) is 0 Å². The van der Waals surface area contributed by atoms with Crippen LogP contribution in [0.15, 0.2) is 28.2 Å². The quantitative estimate of drug-likeness (QED) is 0.869. The maximum absolute atomic E-state index is 12.3. The number of oxazole rings is 1. The Morgan fingerprint density at radius 2 is 2.35 bits per heavy atom. The van der Waals surface area contributed by atoms with Gasteiger partial charge in [-0.15, -0.1) is 36.2 Å². The zero-order chi connectivity index (χ0) is 14.7. The van der Waals surface area contributed by atoms with Crippen molar-refractivity contribution in [3.63, 3.8) is 0 Å². The van der Waals surface area contributed by atoms with Gasteiger partial charge in [0.2, 0.25) is 11.8 Å². The molecular weight excluding hydrogens is 357 g/mol. The summed E-state index contributed by atoms with van der Waals surface area (Å²) < 4.78 is 5.45. The lowest BCUT2D eigenvalue weighted by Crippen LogP contribution is -2.31. The van der Waals surface area contributed by atoms with Crippen molar-refractivity contribution in [2.75, 3.05) is 26.7 Å². The average molecular weight is 378 g/mol. The number of hydrogen-bond acceptors (Lipinski definition) is 5. The number of nitrogens with zero attached hydrogens (tertiary/aromatic N) is 2. The van der Waals surface area contributed by atoms with E-state index in [4.69, 9.17) is 4.42 Å². The van der Waals surface area contributed by atoms with E-state index in [2.05, 4.69) is 10.3 Å². The number of rotatable bonds is 5. The van der Waals surface area contributed by atoms with E-state index in [0.717, 1.165) is 30.9 Å². The standard InChI is InChI=1S/C15H19N3O2S.2ClH/c1-16-8-11-4-5-18(9-11)14(19)7-12-10-20-15(17-12)13-3-2-6-21-13;;/h2-3,6,10-11,16H,4-5,7-9H2,1H3;2*1H. The molecule has 0 aromatic carbocycles. The fourth-order valence-electron chi connectivity index (χ4n) is 2.68. The van der Waals surface area contributed by atoms with E-state index >= 15 is 0 Å². The van der Waals surface area contributed by atoms with Crippen LogP contribution in [0.1, 0.15) is 12.1 Å². The van der Waals surface area contributed by atoms with E-state index in [1.807, 2.05) is 29.5 Å². The molecule has 8 heteroatoms. The Morgan fingerprint density at radius 3 is 3.04 bits per heavy atom. The Morgan fingerprint density at radius 1 is 1.52 bits per heavy atom. The molecular formula is C15H21Cl2N3O2S. The topological polar surface area (TPSA) is 58.4 Å². The van der Waals surface area contributed by atoms with Gasteiger partial charge in [0.1, 0.15) is 6.26 Å². The fraction of sp³-hybridized carbons (Fsp3) is 0.467. The SMILES string of the molecule is CNCC1CCN(C(=O)Cc2coc(-c3cccs3)n2)C1.Cl.Cl. The van der Waals surface area contributed by atoms with Crippen LogP contribution in [-0.2, 0) is 11.2 Å². The molecule has 0 saturated carbocycles. The summed E-state index contributed by atoms with van der Waals surface area (Å²) in [6.45, 7) is 2.66. The van der Waals surface area contributed by atoms with Gasteiger partial charge in [-0.25, -0.2) is 4.98 Å². The Hall–Kier alpha value is -1.08. The monoisotopic (exact) mass is 377 g/mol. The summed E-state index contributed by atoms with van der Waals surface area (Å²) in [4.78, 5) is 19.6. The summed E-state index contributed by atoms with van der Waals surface area (Å²) in [6.07, 6.45) is 2.99. The van der Waals surface area contributed by atoms with Crippen molar-refractivity contribution >= 4 is 42.1 Å². The van der Waals surface area contributed by atoms with Gasteiger partial charge in [0.15, 0.2) is 0 Å². The lowest BCUT2D eigenvalue weighted by Gasteiger charge is -2.15. The number of hydrogen-bond donors (Lipinski definition) is 1. The molecule has 128 valence electrons. The lowest BCUT2D eigenvalue weighted by molar-refractivity contribution is -0.129. The maximum atomic E-state index is 12.3. The van der Waals surface area contributed by atoms with Crippen molar-refractivity contribution in [3.8, 4) is 10.8 Å². The number of carbonyl (C=O) groups excluding carboxylic acids is 1. The Bertz CT molecular complexity index is 604. The number of halogens is 2. The molecule has 0 spiro atoms. The number of carbonyl (C=O) groups is 1. The summed E-state index contributed by atoms with van der Waals surface area (Å²) in [7, 11) is 1.95. The van der Waals surface area contributed by atoms with Gasteiger partial charge in [-0.05, 0) is 37.4 Å². The van der Waals surface area contributed by atoms with Gasteiger partial charge >= 0.3 is 0 Å². The first-order valence-corrected chi connectivity index (χ1v) is 8.05. The molecule has 1 fully saturated rings. The molecule has 1 aliphatic heterocycles. The van der Waals surface area contributed by atoms with Gasteiger partial charge in [-0.3, -0.25) is 4.79 Å². The van der Waals surface area contributed by atoms with Crippen molar-refractivity contribution in [2.45, 2.75) is 12.8 Å². The molecule has 1 aliphatic rings. The largest absolute Gasteiger partial charge is 0.444 e. The molecule has 2 aromatic heterocycles. The molecule has 1 N–H and O–H groups in total. The minimum absolute atomic E-state index is 0. The van der Waals surface area contributed by atoms with Gasteiger partial charge in [0.25, 0.3) is 0 Å². The third-order valence-corrected chi connectivity index (χ3v) is 4.61. The van der Waals surface area contributed by atoms with Gasteiger partial charge in [0, 0.05) is 13.1 Å². The molecule has 3 heterocycles. The van der Waals surface area contributed by atoms with Crippen LogP contribution in [0.4, 0.5) is 0 Å². The highest BCUT2D eigenvalue weighted by molar-refractivity contribution is 7.13. The van der Waals surface area contributed by atoms with Crippen LogP contribution in [0.2, 0.25) is 0 Å². The molecule has 5 nitrogen and oxygen atoms in total. The molecule has 1 atom stereocenters. The molecule has 1 saturated heterocycles. The number of aromatic nitrogens is 1. The minimum atomic E-state index is 0. The molecule has 1 unspecified atom stereocenters. The first-order chi connectivity index (χ1) is 10.3. The fourth-order valence-corrected chi connectivity index (χ4v) is 3.34. The van der Waals surface area contributed by atoms with Crippen LogP contribution < -0.4 is 5.32 Å². The Balaban J connectivity index is 0.00000132. The number of amides is 1. The zero-order valence-electron chi connectivity index (χ0n) is 12.9. The summed E-state index contributed by atoms with van der Waals surface area (Å²) in [6, 6.07) is 3.92. The lowest BCUT2D eigenvalue weighted by atomic mass is 10.1. The van der Waals surface area contributed by atoms with Gasteiger partial charge < -0.3 is 14.6 Å². The molecule has 2 aromatic rings. The highest BCUT2D eigenvalue weighted by atomic mass is 35.5. The van der Waals surface area contributed by atoms with E-state index in [1.165, 1.54) is 0 Å². The minimum Gasteiger partial charge on any atom is -0.444 e. The van der Waals surface area contributed by atoms with Gasteiger partial charge in [-0.1, -0.05) is 6.07 Å². The van der Waals surface area contributed by atoms with Crippen molar-refractivity contribution < 1.29 is 9.21 Å². The first kappa shape index (κ1) is 20.0. The van der Waals surface area contributed by atoms with Crippen LogP contribution >= 0.6 is 36.2 Å². The second kappa shape index (κ2) is 9.27. The summed E-state index contributed by atoms with van der Waals surface area (Å²) in [5, 5.41) is 5.16. The number of thiophene rings is 1. The van der Waals surface area contributed by atoms with E-state index in [-0.39, 0.29) is 30.7 Å².